The number of carbonyl (C=O) groups excluding carboxylic acids is 1. The number of piperazine rings is 1. The molecule has 21 heavy (non-hydrogen) atoms. The number of hydrogen-bond acceptors (Lipinski definition) is 4. The number of hydrogen-bond donors (Lipinski definition) is 1. The van der Waals surface area contributed by atoms with Gasteiger partial charge < -0.3 is 10.2 Å². The van der Waals surface area contributed by atoms with Gasteiger partial charge in [0, 0.05) is 57.4 Å². The SMILES string of the molecule is CC(C(=O)N1CCN(Cc2cnn(C)c2)CC1)C1CNC1. The molecule has 0 spiro atoms. The summed E-state index contributed by atoms with van der Waals surface area (Å²) in [6, 6.07) is 0. The summed E-state index contributed by atoms with van der Waals surface area (Å²) in [5, 5.41) is 7.45. The van der Waals surface area contributed by atoms with E-state index >= 15 is 0 Å². The van der Waals surface area contributed by atoms with Crippen molar-refractivity contribution in [2.45, 2.75) is 13.5 Å². The first-order chi connectivity index (χ1) is 10.1. The minimum absolute atomic E-state index is 0.163. The summed E-state index contributed by atoms with van der Waals surface area (Å²) >= 11 is 0. The van der Waals surface area contributed by atoms with E-state index in [9.17, 15) is 4.79 Å². The predicted octanol–water partition coefficient (Wildman–Crippen LogP) is -0.0802. The molecular weight excluding hydrogens is 266 g/mol. The zero-order valence-electron chi connectivity index (χ0n) is 13.0. The van der Waals surface area contributed by atoms with Crippen molar-refractivity contribution in [2.24, 2.45) is 18.9 Å². The van der Waals surface area contributed by atoms with Crippen LogP contribution in [0.5, 0.6) is 0 Å². The molecule has 2 saturated heterocycles. The summed E-state index contributed by atoms with van der Waals surface area (Å²) < 4.78 is 1.84. The molecule has 2 aliphatic rings. The maximum absolute atomic E-state index is 12.5. The molecule has 116 valence electrons. The van der Waals surface area contributed by atoms with Gasteiger partial charge >= 0.3 is 0 Å². The second kappa shape index (κ2) is 6.15. The van der Waals surface area contributed by atoms with Gasteiger partial charge in [0.25, 0.3) is 0 Å². The van der Waals surface area contributed by atoms with Gasteiger partial charge in [0.2, 0.25) is 5.91 Å². The first-order valence-corrected chi connectivity index (χ1v) is 7.83. The highest BCUT2D eigenvalue weighted by molar-refractivity contribution is 5.79. The highest BCUT2D eigenvalue weighted by Crippen LogP contribution is 2.19. The fraction of sp³-hybridized carbons (Fsp3) is 0.733. The van der Waals surface area contributed by atoms with E-state index in [-0.39, 0.29) is 5.92 Å². The summed E-state index contributed by atoms with van der Waals surface area (Å²) in [5.74, 6) is 1.03. The van der Waals surface area contributed by atoms with Gasteiger partial charge in [0.05, 0.1) is 6.20 Å². The molecule has 3 heterocycles. The van der Waals surface area contributed by atoms with Crippen LogP contribution in [0.4, 0.5) is 0 Å². The second-order valence-corrected chi connectivity index (χ2v) is 6.33. The van der Waals surface area contributed by atoms with Crippen molar-refractivity contribution in [3.8, 4) is 0 Å². The van der Waals surface area contributed by atoms with Crippen LogP contribution in [0, 0.1) is 11.8 Å². The van der Waals surface area contributed by atoms with Gasteiger partial charge in [-0.25, -0.2) is 0 Å². The maximum atomic E-state index is 12.5. The molecule has 0 bridgehead atoms. The van der Waals surface area contributed by atoms with Gasteiger partial charge in [0.15, 0.2) is 0 Å². The van der Waals surface area contributed by atoms with Gasteiger partial charge in [-0.1, -0.05) is 6.92 Å². The molecule has 0 aromatic carbocycles. The minimum Gasteiger partial charge on any atom is -0.340 e. The maximum Gasteiger partial charge on any atom is 0.225 e. The third-order valence-electron chi connectivity index (χ3n) is 4.76. The van der Waals surface area contributed by atoms with E-state index in [1.165, 1.54) is 5.56 Å². The Hall–Kier alpha value is -1.40. The molecule has 1 amide bonds. The van der Waals surface area contributed by atoms with Gasteiger partial charge in [0.1, 0.15) is 0 Å². The summed E-state index contributed by atoms with van der Waals surface area (Å²) in [6.07, 6.45) is 3.98. The molecule has 1 aromatic heterocycles. The molecule has 1 N–H and O–H groups in total. The molecule has 1 unspecified atom stereocenters. The smallest absolute Gasteiger partial charge is 0.225 e. The second-order valence-electron chi connectivity index (χ2n) is 6.33. The van der Waals surface area contributed by atoms with E-state index in [1.807, 2.05) is 22.8 Å². The Labute approximate surface area is 126 Å². The van der Waals surface area contributed by atoms with Crippen LogP contribution in [0.2, 0.25) is 0 Å². The Bertz CT molecular complexity index is 488. The minimum atomic E-state index is 0.163. The third kappa shape index (κ3) is 3.27. The largest absolute Gasteiger partial charge is 0.340 e. The van der Waals surface area contributed by atoms with Crippen LogP contribution in [0.3, 0.4) is 0 Å². The Morgan fingerprint density at radius 1 is 1.38 bits per heavy atom. The molecule has 0 radical (unpaired) electrons. The molecular formula is C15H25N5O. The van der Waals surface area contributed by atoms with E-state index in [2.05, 4.69) is 28.4 Å². The van der Waals surface area contributed by atoms with E-state index in [0.717, 1.165) is 45.8 Å². The Balaban J connectivity index is 1.47. The lowest BCUT2D eigenvalue weighted by Crippen LogP contribution is -2.54. The van der Waals surface area contributed by atoms with Crippen LogP contribution in [-0.4, -0.2) is 64.8 Å². The number of aryl methyl sites for hydroxylation is 1. The van der Waals surface area contributed by atoms with Gasteiger partial charge in [-0.2, -0.15) is 5.10 Å². The highest BCUT2D eigenvalue weighted by atomic mass is 16.2. The first-order valence-electron chi connectivity index (χ1n) is 7.83. The molecule has 3 rings (SSSR count). The lowest BCUT2D eigenvalue weighted by molar-refractivity contribution is -0.139. The van der Waals surface area contributed by atoms with Crippen molar-refractivity contribution >= 4 is 5.91 Å². The van der Waals surface area contributed by atoms with Gasteiger partial charge in [-0.05, 0) is 19.0 Å². The van der Waals surface area contributed by atoms with E-state index in [0.29, 0.717) is 11.8 Å². The third-order valence-corrected chi connectivity index (χ3v) is 4.76. The average Bonchev–Trinajstić information content (AvgIpc) is 2.82. The number of nitrogens with one attached hydrogen (secondary N) is 1. The molecule has 2 aliphatic heterocycles. The fourth-order valence-electron chi connectivity index (χ4n) is 3.09. The number of rotatable bonds is 4. The lowest BCUT2D eigenvalue weighted by atomic mass is 9.88. The molecule has 6 heteroatoms. The zero-order chi connectivity index (χ0) is 14.8. The number of aromatic nitrogens is 2. The number of amides is 1. The molecule has 1 aromatic rings. The Kier molecular flexibility index (Phi) is 4.26. The zero-order valence-corrected chi connectivity index (χ0v) is 13.0. The highest BCUT2D eigenvalue weighted by Gasteiger charge is 2.32. The molecule has 0 saturated carbocycles. The van der Waals surface area contributed by atoms with Crippen LogP contribution >= 0.6 is 0 Å². The van der Waals surface area contributed by atoms with Crippen LogP contribution in [0.25, 0.3) is 0 Å². The monoisotopic (exact) mass is 291 g/mol. The summed E-state index contributed by atoms with van der Waals surface area (Å²) in [4.78, 5) is 16.9. The predicted molar refractivity (Wildman–Crippen MR) is 80.6 cm³/mol. The van der Waals surface area contributed by atoms with E-state index in [1.54, 1.807) is 0 Å². The van der Waals surface area contributed by atoms with Crippen molar-refractivity contribution < 1.29 is 4.79 Å². The standard InChI is InChI=1S/C15H25N5O/c1-12(14-8-16-9-14)15(21)20-5-3-19(4-6-20)11-13-7-17-18(2)10-13/h7,10,12,14,16H,3-6,8-9,11H2,1-2H3. The molecule has 2 fully saturated rings. The molecule has 1 atom stereocenters. The van der Waals surface area contributed by atoms with Crippen LogP contribution in [0.1, 0.15) is 12.5 Å². The van der Waals surface area contributed by atoms with E-state index < -0.39 is 0 Å². The van der Waals surface area contributed by atoms with Crippen molar-refractivity contribution in [2.75, 3.05) is 39.3 Å². The lowest BCUT2D eigenvalue weighted by Gasteiger charge is -2.39. The topological polar surface area (TPSA) is 53.4 Å². The quantitative estimate of drug-likeness (QED) is 0.843. The van der Waals surface area contributed by atoms with Crippen LogP contribution in [0.15, 0.2) is 12.4 Å². The number of carbonyl (C=O) groups is 1. The van der Waals surface area contributed by atoms with Gasteiger partial charge in [-0.3, -0.25) is 14.4 Å². The normalized spacial score (nSPS) is 22.1. The number of nitrogens with zero attached hydrogens (tertiary/aromatic N) is 4. The molecule has 0 aliphatic carbocycles. The first kappa shape index (κ1) is 14.5. The van der Waals surface area contributed by atoms with Crippen LogP contribution in [-0.2, 0) is 18.4 Å². The summed E-state index contributed by atoms with van der Waals surface area (Å²) in [6.45, 7) is 8.61. The summed E-state index contributed by atoms with van der Waals surface area (Å²) in [5.41, 5.74) is 1.24. The Morgan fingerprint density at radius 2 is 2.10 bits per heavy atom. The van der Waals surface area contributed by atoms with Crippen LogP contribution < -0.4 is 5.32 Å². The van der Waals surface area contributed by atoms with E-state index in [4.69, 9.17) is 0 Å². The average molecular weight is 291 g/mol. The van der Waals surface area contributed by atoms with Crippen molar-refractivity contribution in [1.82, 2.24) is 24.9 Å². The van der Waals surface area contributed by atoms with Crippen molar-refractivity contribution in [3.63, 3.8) is 0 Å². The van der Waals surface area contributed by atoms with Crippen molar-refractivity contribution in [3.05, 3.63) is 18.0 Å². The summed E-state index contributed by atoms with van der Waals surface area (Å²) in [7, 11) is 1.94. The fourth-order valence-corrected chi connectivity index (χ4v) is 3.09. The molecule has 6 nitrogen and oxygen atoms in total. The Morgan fingerprint density at radius 3 is 2.62 bits per heavy atom. The van der Waals surface area contributed by atoms with Crippen molar-refractivity contribution in [1.29, 1.82) is 0 Å². The van der Waals surface area contributed by atoms with Gasteiger partial charge in [-0.15, -0.1) is 0 Å².